The zero-order valence-corrected chi connectivity index (χ0v) is 32.4. The minimum absolute atomic E-state index is 0.0490. The molecule has 2 atom stereocenters. The Bertz CT molecular complexity index is 2590. The molecule has 0 bridgehead atoms. The Morgan fingerprint density at radius 3 is 2.51 bits per heavy atom. The van der Waals surface area contributed by atoms with Crippen molar-refractivity contribution in [2.24, 2.45) is 14.1 Å². The summed E-state index contributed by atoms with van der Waals surface area (Å²) in [6.45, 7) is 4.01. The van der Waals surface area contributed by atoms with Gasteiger partial charge in [0.25, 0.3) is 5.56 Å². The Labute approximate surface area is 329 Å². The molecule has 2 aromatic carbocycles. The largest absolute Gasteiger partial charge is 0.481 e. The smallest absolute Gasteiger partial charge is 0.433 e. The zero-order chi connectivity index (χ0) is 40.6. The zero-order valence-electron chi connectivity index (χ0n) is 31.6. The number of hydrogen-bond acceptors (Lipinski definition) is 9. The summed E-state index contributed by atoms with van der Waals surface area (Å²) in [7, 11) is 4.15. The van der Waals surface area contributed by atoms with Crippen molar-refractivity contribution in [3.05, 3.63) is 96.8 Å². The fourth-order valence-electron chi connectivity index (χ4n) is 8.68. The summed E-state index contributed by atoms with van der Waals surface area (Å²) >= 11 is 7.20. The van der Waals surface area contributed by atoms with E-state index in [4.69, 9.17) is 21.3 Å². The van der Waals surface area contributed by atoms with Crippen LogP contribution >= 0.6 is 11.6 Å². The summed E-state index contributed by atoms with van der Waals surface area (Å²) in [5.74, 6) is 0.154. The van der Waals surface area contributed by atoms with Crippen LogP contribution in [0.4, 0.5) is 29.5 Å². The van der Waals surface area contributed by atoms with Crippen molar-refractivity contribution in [2.45, 2.75) is 43.9 Å². The van der Waals surface area contributed by atoms with Gasteiger partial charge in [0.2, 0.25) is 5.88 Å². The number of nitrogens with zero attached hydrogens (tertiary/aromatic N) is 6. The van der Waals surface area contributed by atoms with Crippen LogP contribution in [0.1, 0.15) is 41.3 Å². The fourth-order valence-corrected chi connectivity index (χ4v) is 9.00. The van der Waals surface area contributed by atoms with Crippen molar-refractivity contribution in [1.29, 1.82) is 0 Å². The predicted octanol–water partition coefficient (Wildman–Crippen LogP) is 5.54. The standard InChI is InChI=1S/C40H40ClF3N8O5/c1-21-23(7-6-10-26(21)45-34-32-29(18-30(47-34)40(42,43)44)49(2)38(56)50(3)36(32)54)24-8-5-9-25(33(24)41)27-17-22-11-12-28(31(22)35(46-27)57-4)51-14-13-39(19-51)20-52(15-16-53)37(55)48-39/h5-10,17-18,28,53H,11-16,19-20H2,1-4H3,(H,45,47)(H,48,55). The van der Waals surface area contributed by atoms with Gasteiger partial charge in [0.1, 0.15) is 16.9 Å². The maximum atomic E-state index is 14.0. The molecule has 0 radical (unpaired) electrons. The van der Waals surface area contributed by atoms with Crippen molar-refractivity contribution in [2.75, 3.05) is 45.2 Å². The van der Waals surface area contributed by atoms with Gasteiger partial charge in [-0.2, -0.15) is 13.2 Å². The normalized spacial score (nSPS) is 19.5. The molecule has 5 heterocycles. The second-order valence-electron chi connectivity index (χ2n) is 14.9. The van der Waals surface area contributed by atoms with Gasteiger partial charge in [0.15, 0.2) is 0 Å². The van der Waals surface area contributed by atoms with E-state index in [1.54, 1.807) is 31.1 Å². The molecule has 2 aliphatic heterocycles. The van der Waals surface area contributed by atoms with Crippen LogP contribution in [-0.2, 0) is 26.7 Å². The van der Waals surface area contributed by atoms with E-state index in [-0.39, 0.29) is 40.9 Å². The number of aromatic nitrogens is 4. The molecule has 298 valence electrons. The third kappa shape index (κ3) is 6.48. The number of aliphatic hydroxyl groups is 1. The highest BCUT2D eigenvalue weighted by Gasteiger charge is 2.49. The van der Waals surface area contributed by atoms with Gasteiger partial charge in [0.05, 0.1) is 35.5 Å². The number of hydrogen-bond donors (Lipinski definition) is 3. The van der Waals surface area contributed by atoms with Crippen LogP contribution in [0, 0.1) is 6.92 Å². The molecule has 2 amide bonds. The highest BCUT2D eigenvalue weighted by molar-refractivity contribution is 6.36. The van der Waals surface area contributed by atoms with Gasteiger partial charge in [-0.05, 0) is 61.1 Å². The number of halogens is 4. The number of rotatable bonds is 8. The number of pyridine rings is 2. The van der Waals surface area contributed by atoms with Crippen LogP contribution in [0.2, 0.25) is 5.02 Å². The number of benzene rings is 2. The molecule has 2 saturated heterocycles. The second-order valence-corrected chi connectivity index (χ2v) is 15.3. The summed E-state index contributed by atoms with van der Waals surface area (Å²) in [6, 6.07) is 13.4. The lowest BCUT2D eigenvalue weighted by atomic mass is 9.96. The van der Waals surface area contributed by atoms with Crippen LogP contribution in [0.5, 0.6) is 5.88 Å². The highest BCUT2D eigenvalue weighted by atomic mass is 35.5. The lowest BCUT2D eigenvalue weighted by Crippen LogP contribution is -2.46. The maximum Gasteiger partial charge on any atom is 0.433 e. The molecule has 8 rings (SSSR count). The summed E-state index contributed by atoms with van der Waals surface area (Å²) in [6.07, 6.45) is -2.41. The van der Waals surface area contributed by atoms with Gasteiger partial charge >= 0.3 is 17.9 Å². The van der Waals surface area contributed by atoms with Gasteiger partial charge in [0, 0.05) is 68.7 Å². The Kier molecular flexibility index (Phi) is 9.56. The molecule has 0 saturated carbocycles. The van der Waals surface area contributed by atoms with Gasteiger partial charge in [-0.1, -0.05) is 41.9 Å². The first kappa shape index (κ1) is 38.4. The molecule has 13 nitrogen and oxygen atoms in total. The Hall–Kier alpha value is -5.45. The number of fused-ring (bicyclic) bond motifs is 2. The second kappa shape index (κ2) is 14.2. The lowest BCUT2D eigenvalue weighted by Gasteiger charge is -2.28. The predicted molar refractivity (Wildman–Crippen MR) is 209 cm³/mol. The van der Waals surface area contributed by atoms with Gasteiger partial charge < -0.3 is 25.4 Å². The van der Waals surface area contributed by atoms with E-state index in [2.05, 4.69) is 20.5 Å². The van der Waals surface area contributed by atoms with Crippen molar-refractivity contribution in [3.63, 3.8) is 0 Å². The van der Waals surface area contributed by atoms with Crippen molar-refractivity contribution in [3.8, 4) is 28.3 Å². The van der Waals surface area contributed by atoms with E-state index in [1.807, 2.05) is 30.3 Å². The molecular weight excluding hydrogens is 765 g/mol. The number of carbonyl (C=O) groups excluding carboxylic acids is 1. The third-order valence-corrected chi connectivity index (χ3v) is 12.0. The number of ether oxygens (including phenoxy) is 1. The van der Waals surface area contributed by atoms with Crippen molar-refractivity contribution < 1.29 is 27.8 Å². The average molecular weight is 805 g/mol. The van der Waals surface area contributed by atoms with Crippen LogP contribution in [-0.4, -0.2) is 85.5 Å². The van der Waals surface area contributed by atoms with Crippen LogP contribution in [0.15, 0.2) is 58.1 Å². The molecule has 3 aliphatic rings. The van der Waals surface area contributed by atoms with Gasteiger partial charge in [-0.3, -0.25) is 18.8 Å². The SMILES string of the molecule is COc1nc(-c2cccc(-c3cccc(Nc4nc(C(F)(F)F)cc5c4c(=O)n(C)c(=O)n5C)c3C)c2Cl)cc2c1C(N1CCC3(CN(CCO)C(=O)N3)C1)CC2. The molecular formula is C40H40ClF3N8O5. The summed E-state index contributed by atoms with van der Waals surface area (Å²) in [5.41, 5.74) is 2.30. The summed E-state index contributed by atoms with van der Waals surface area (Å²) in [5, 5.41) is 15.8. The van der Waals surface area contributed by atoms with Crippen molar-refractivity contribution >= 4 is 40.0 Å². The number of carbonyl (C=O) groups is 1. The molecule has 17 heteroatoms. The molecule has 1 aliphatic carbocycles. The highest BCUT2D eigenvalue weighted by Crippen LogP contribution is 2.47. The Morgan fingerprint density at radius 1 is 1.04 bits per heavy atom. The van der Waals surface area contributed by atoms with Crippen molar-refractivity contribution in [1.82, 2.24) is 34.2 Å². The third-order valence-electron chi connectivity index (χ3n) is 11.6. The maximum absolute atomic E-state index is 14.0. The first-order valence-corrected chi connectivity index (χ1v) is 18.9. The first-order valence-electron chi connectivity index (χ1n) is 18.5. The fraction of sp³-hybridized carbons (Fsp3) is 0.375. The number of anilines is 2. The Morgan fingerprint density at radius 2 is 1.77 bits per heavy atom. The number of aryl methyl sites for hydroxylation is 2. The number of amides is 2. The van der Waals surface area contributed by atoms with Gasteiger partial charge in [-0.15, -0.1) is 0 Å². The number of methoxy groups -OCH3 is 1. The number of alkyl halides is 3. The number of nitrogens with one attached hydrogen (secondary N) is 2. The van der Waals surface area contributed by atoms with E-state index >= 15 is 0 Å². The van der Waals surface area contributed by atoms with E-state index in [0.717, 1.165) is 46.1 Å². The number of likely N-dealkylation sites (tertiary alicyclic amines) is 1. The van der Waals surface area contributed by atoms with E-state index in [1.165, 1.54) is 14.1 Å². The molecule has 1 spiro atoms. The molecule has 3 aromatic heterocycles. The number of β-amino-alcohol motifs (C(OH)–C–C–N with tert-alkyl or cyclic N) is 1. The molecule has 5 aromatic rings. The number of urea groups is 1. The quantitative estimate of drug-likeness (QED) is 0.184. The molecule has 2 fully saturated rings. The van der Waals surface area contributed by atoms with Crippen LogP contribution < -0.4 is 26.6 Å². The van der Waals surface area contributed by atoms with Gasteiger partial charge in [-0.25, -0.2) is 19.6 Å². The summed E-state index contributed by atoms with van der Waals surface area (Å²) < 4.78 is 49.8. The minimum Gasteiger partial charge on any atom is -0.481 e. The first-order chi connectivity index (χ1) is 27.1. The van der Waals surface area contributed by atoms with E-state index < -0.39 is 23.1 Å². The molecule has 2 unspecified atom stereocenters. The number of aliphatic hydroxyl groups excluding tert-OH is 1. The topological polar surface area (TPSA) is 147 Å². The van der Waals surface area contributed by atoms with E-state index in [0.29, 0.717) is 70.2 Å². The minimum atomic E-state index is -4.85. The molecule has 3 N–H and O–H groups in total. The Balaban J connectivity index is 1.13. The van der Waals surface area contributed by atoms with Crippen LogP contribution in [0.3, 0.4) is 0 Å². The van der Waals surface area contributed by atoms with E-state index in [9.17, 15) is 32.7 Å². The summed E-state index contributed by atoms with van der Waals surface area (Å²) in [4.78, 5) is 51.4. The molecule has 57 heavy (non-hydrogen) atoms. The lowest BCUT2D eigenvalue weighted by molar-refractivity contribution is -0.141. The monoisotopic (exact) mass is 804 g/mol. The average Bonchev–Trinajstić information content (AvgIpc) is 3.88. The van der Waals surface area contributed by atoms with Crippen LogP contribution in [0.25, 0.3) is 33.3 Å².